The summed E-state index contributed by atoms with van der Waals surface area (Å²) in [5, 5.41) is 8.74. The van der Waals surface area contributed by atoms with Crippen LogP contribution in [0, 0.1) is 0 Å². The molecule has 0 atom stereocenters. The molecule has 0 aliphatic carbocycles. The summed E-state index contributed by atoms with van der Waals surface area (Å²) in [6.45, 7) is 3.37. The maximum Gasteiger partial charge on any atom is 0.337 e. The third-order valence-corrected chi connectivity index (χ3v) is 2.30. The zero-order valence-corrected chi connectivity index (χ0v) is 10.5. The highest BCUT2D eigenvalue weighted by atomic mass is 16.5. The number of aromatic carboxylic acids is 1. The fourth-order valence-corrected chi connectivity index (χ4v) is 1.34. The number of methoxy groups -OCH3 is 1. The Bertz CT molecular complexity index is 350. The summed E-state index contributed by atoms with van der Waals surface area (Å²) in [7, 11) is 1.63. The molecule has 6 nitrogen and oxygen atoms in total. The quantitative estimate of drug-likeness (QED) is 0.630. The molecule has 0 unspecified atom stereocenters. The van der Waals surface area contributed by atoms with E-state index in [9.17, 15) is 4.79 Å². The monoisotopic (exact) mass is 257 g/mol. The van der Waals surface area contributed by atoms with Crippen molar-refractivity contribution in [1.82, 2.24) is 4.57 Å². The number of nitrogens with zero attached hydrogens (tertiary/aromatic N) is 1. The van der Waals surface area contributed by atoms with E-state index >= 15 is 0 Å². The van der Waals surface area contributed by atoms with Crippen LogP contribution in [0.15, 0.2) is 18.5 Å². The van der Waals surface area contributed by atoms with Gasteiger partial charge in [0.15, 0.2) is 0 Å². The van der Waals surface area contributed by atoms with E-state index in [4.69, 9.17) is 19.3 Å². The number of hydrogen-bond donors (Lipinski definition) is 1. The fraction of sp³-hybridized carbons (Fsp3) is 0.583. The van der Waals surface area contributed by atoms with Crippen molar-refractivity contribution in [1.29, 1.82) is 0 Å². The molecule has 0 aliphatic rings. The molecular formula is C12H19NO5. The van der Waals surface area contributed by atoms with E-state index in [2.05, 4.69) is 0 Å². The molecule has 0 aromatic carbocycles. The molecule has 1 aromatic rings. The van der Waals surface area contributed by atoms with Crippen molar-refractivity contribution in [3.63, 3.8) is 0 Å². The van der Waals surface area contributed by atoms with Crippen LogP contribution in [0.3, 0.4) is 0 Å². The van der Waals surface area contributed by atoms with E-state index in [0.717, 1.165) is 0 Å². The van der Waals surface area contributed by atoms with Gasteiger partial charge in [-0.1, -0.05) is 0 Å². The molecule has 0 saturated heterocycles. The van der Waals surface area contributed by atoms with Crippen LogP contribution in [-0.4, -0.2) is 55.8 Å². The van der Waals surface area contributed by atoms with Gasteiger partial charge in [-0.25, -0.2) is 4.79 Å². The lowest BCUT2D eigenvalue weighted by Crippen LogP contribution is -2.11. The molecular weight excluding hydrogens is 238 g/mol. The van der Waals surface area contributed by atoms with E-state index < -0.39 is 5.97 Å². The van der Waals surface area contributed by atoms with Gasteiger partial charge in [0.2, 0.25) is 0 Å². The standard InChI is InChI=1S/C12H19NO5/c1-16-6-7-18-9-8-17-5-4-13-3-2-11(10-13)12(14)15/h2-3,10H,4-9H2,1H3,(H,14,15). The summed E-state index contributed by atoms with van der Waals surface area (Å²) in [5.41, 5.74) is 0.290. The fourth-order valence-electron chi connectivity index (χ4n) is 1.34. The molecule has 0 spiro atoms. The van der Waals surface area contributed by atoms with Gasteiger partial charge >= 0.3 is 5.97 Å². The van der Waals surface area contributed by atoms with Gasteiger partial charge in [-0.15, -0.1) is 0 Å². The van der Waals surface area contributed by atoms with Crippen LogP contribution in [0.4, 0.5) is 0 Å². The van der Waals surface area contributed by atoms with E-state index in [1.807, 2.05) is 0 Å². The molecule has 102 valence electrons. The Labute approximate surface area is 106 Å². The lowest BCUT2D eigenvalue weighted by Gasteiger charge is -2.06. The van der Waals surface area contributed by atoms with Gasteiger partial charge < -0.3 is 23.9 Å². The maximum absolute atomic E-state index is 10.6. The third kappa shape index (κ3) is 5.81. The first-order chi connectivity index (χ1) is 8.74. The van der Waals surface area contributed by atoms with Crippen LogP contribution in [-0.2, 0) is 20.8 Å². The van der Waals surface area contributed by atoms with Crippen molar-refractivity contribution < 1.29 is 24.1 Å². The predicted octanol–water partition coefficient (Wildman–Crippen LogP) is 0.866. The second-order valence-corrected chi connectivity index (χ2v) is 3.66. The lowest BCUT2D eigenvalue weighted by molar-refractivity contribution is 0.0230. The first-order valence-corrected chi connectivity index (χ1v) is 5.77. The topological polar surface area (TPSA) is 69.9 Å². The number of carbonyl (C=O) groups is 1. The van der Waals surface area contributed by atoms with Crippen molar-refractivity contribution in [2.45, 2.75) is 6.54 Å². The van der Waals surface area contributed by atoms with E-state index in [1.54, 1.807) is 30.1 Å². The van der Waals surface area contributed by atoms with Gasteiger partial charge in [0.25, 0.3) is 0 Å². The van der Waals surface area contributed by atoms with Crippen LogP contribution >= 0.6 is 0 Å². The molecule has 1 heterocycles. The molecule has 18 heavy (non-hydrogen) atoms. The molecule has 1 rings (SSSR count). The lowest BCUT2D eigenvalue weighted by atomic mass is 10.4. The molecule has 0 bridgehead atoms. The molecule has 0 amide bonds. The summed E-state index contributed by atoms with van der Waals surface area (Å²) >= 11 is 0. The number of hydrogen-bond acceptors (Lipinski definition) is 4. The van der Waals surface area contributed by atoms with Gasteiger partial charge in [0.05, 0.1) is 38.6 Å². The molecule has 0 aliphatic heterocycles. The summed E-state index contributed by atoms with van der Waals surface area (Å²) in [6.07, 6.45) is 3.31. The van der Waals surface area contributed by atoms with Crippen LogP contribution in [0.2, 0.25) is 0 Å². The van der Waals surface area contributed by atoms with Crippen molar-refractivity contribution in [3.8, 4) is 0 Å². The minimum Gasteiger partial charge on any atom is -0.478 e. The zero-order valence-electron chi connectivity index (χ0n) is 10.5. The Balaban J connectivity index is 2.02. The van der Waals surface area contributed by atoms with Crippen molar-refractivity contribution in [2.24, 2.45) is 0 Å². The number of aromatic nitrogens is 1. The Hall–Kier alpha value is -1.37. The van der Waals surface area contributed by atoms with Crippen LogP contribution in [0.25, 0.3) is 0 Å². The second kappa shape index (κ2) is 8.68. The molecule has 6 heteroatoms. The van der Waals surface area contributed by atoms with Gasteiger partial charge in [-0.05, 0) is 6.07 Å². The van der Waals surface area contributed by atoms with E-state index in [0.29, 0.717) is 39.6 Å². The average Bonchev–Trinajstić information content (AvgIpc) is 2.81. The Kier molecular flexibility index (Phi) is 7.09. The largest absolute Gasteiger partial charge is 0.478 e. The molecule has 0 fully saturated rings. The third-order valence-electron chi connectivity index (χ3n) is 2.30. The first kappa shape index (κ1) is 14.7. The summed E-state index contributed by atoms with van der Waals surface area (Å²) in [4.78, 5) is 10.6. The average molecular weight is 257 g/mol. The summed E-state index contributed by atoms with van der Waals surface area (Å²) < 4.78 is 17.2. The van der Waals surface area contributed by atoms with Crippen molar-refractivity contribution in [3.05, 3.63) is 24.0 Å². The first-order valence-electron chi connectivity index (χ1n) is 5.77. The van der Waals surface area contributed by atoms with E-state index in [1.165, 1.54) is 0 Å². The summed E-state index contributed by atoms with van der Waals surface area (Å²) in [5.74, 6) is -0.916. The molecule has 0 saturated carbocycles. The van der Waals surface area contributed by atoms with Crippen LogP contribution in [0.1, 0.15) is 10.4 Å². The molecule has 1 N–H and O–H groups in total. The van der Waals surface area contributed by atoms with Gasteiger partial charge in [0.1, 0.15) is 0 Å². The number of ether oxygens (including phenoxy) is 3. The normalized spacial score (nSPS) is 10.7. The van der Waals surface area contributed by atoms with Gasteiger partial charge in [-0.3, -0.25) is 0 Å². The number of rotatable bonds is 10. The second-order valence-electron chi connectivity index (χ2n) is 3.66. The van der Waals surface area contributed by atoms with Gasteiger partial charge in [-0.2, -0.15) is 0 Å². The highest BCUT2D eigenvalue weighted by Gasteiger charge is 2.03. The Morgan fingerprint density at radius 3 is 2.50 bits per heavy atom. The number of carboxylic acids is 1. The Morgan fingerprint density at radius 2 is 1.89 bits per heavy atom. The minimum absolute atomic E-state index is 0.290. The van der Waals surface area contributed by atoms with Crippen molar-refractivity contribution in [2.75, 3.05) is 40.1 Å². The highest BCUT2D eigenvalue weighted by molar-refractivity contribution is 5.87. The molecule has 1 aromatic heterocycles. The maximum atomic E-state index is 10.6. The smallest absolute Gasteiger partial charge is 0.337 e. The van der Waals surface area contributed by atoms with Gasteiger partial charge in [0, 0.05) is 26.0 Å². The van der Waals surface area contributed by atoms with E-state index in [-0.39, 0.29) is 5.56 Å². The van der Waals surface area contributed by atoms with Crippen molar-refractivity contribution >= 4 is 5.97 Å². The summed E-state index contributed by atoms with van der Waals surface area (Å²) in [6, 6.07) is 1.57. The Morgan fingerprint density at radius 1 is 1.22 bits per heavy atom. The zero-order chi connectivity index (χ0) is 13.2. The minimum atomic E-state index is -0.916. The van der Waals surface area contributed by atoms with Crippen LogP contribution in [0.5, 0.6) is 0 Å². The molecule has 0 radical (unpaired) electrons. The number of carboxylic acid groups (broad SMARTS) is 1. The highest BCUT2D eigenvalue weighted by Crippen LogP contribution is 2.00. The predicted molar refractivity (Wildman–Crippen MR) is 64.9 cm³/mol. The van der Waals surface area contributed by atoms with Crippen LogP contribution < -0.4 is 0 Å². The SMILES string of the molecule is COCCOCCOCCn1ccc(C(=O)O)c1.